The molecular weight excluding hydrogens is 216 g/mol. The van der Waals surface area contributed by atoms with Crippen molar-refractivity contribution < 1.29 is 4.79 Å². The number of fused-ring (bicyclic) bond motifs is 1. The molecule has 1 aromatic heterocycles. The van der Waals surface area contributed by atoms with E-state index in [0.29, 0.717) is 6.42 Å². The lowest BCUT2D eigenvalue weighted by atomic mass is 10.1. The average Bonchev–Trinajstić information content (AvgIpc) is 2.64. The SMILES string of the molecule is O=CC(Cl)Cc1ccc2sccc2c1. The molecule has 0 fully saturated rings. The van der Waals surface area contributed by atoms with Gasteiger partial charge < -0.3 is 4.79 Å². The first-order valence-corrected chi connectivity index (χ1v) is 5.67. The number of benzene rings is 1. The van der Waals surface area contributed by atoms with Crippen molar-refractivity contribution in [3.63, 3.8) is 0 Å². The fraction of sp³-hybridized carbons (Fsp3) is 0.182. The van der Waals surface area contributed by atoms with Crippen molar-refractivity contribution in [1.29, 1.82) is 0 Å². The van der Waals surface area contributed by atoms with Gasteiger partial charge in [0.05, 0.1) is 5.38 Å². The highest BCUT2D eigenvalue weighted by Gasteiger charge is 2.04. The molecular formula is C11H9ClOS. The Kier molecular flexibility index (Phi) is 2.85. The summed E-state index contributed by atoms with van der Waals surface area (Å²) in [5.74, 6) is 0. The van der Waals surface area contributed by atoms with E-state index in [1.165, 1.54) is 10.1 Å². The standard InChI is InChI=1S/C11H9ClOS/c12-10(7-13)6-8-1-2-11-9(5-8)3-4-14-11/h1-5,7,10H,6H2. The van der Waals surface area contributed by atoms with Crippen LogP contribution in [0.5, 0.6) is 0 Å². The van der Waals surface area contributed by atoms with E-state index < -0.39 is 5.38 Å². The second-order valence-corrected chi connectivity index (χ2v) is 4.66. The van der Waals surface area contributed by atoms with Crippen LogP contribution in [0, 0.1) is 0 Å². The molecule has 0 aliphatic carbocycles. The maximum atomic E-state index is 10.4. The third kappa shape index (κ3) is 1.97. The number of rotatable bonds is 3. The predicted octanol–water partition coefficient (Wildman–Crippen LogP) is 3.25. The highest BCUT2D eigenvalue weighted by molar-refractivity contribution is 7.17. The highest BCUT2D eigenvalue weighted by Crippen LogP contribution is 2.22. The topological polar surface area (TPSA) is 17.1 Å². The van der Waals surface area contributed by atoms with Crippen LogP contribution < -0.4 is 0 Å². The van der Waals surface area contributed by atoms with Crippen LogP contribution in [0.4, 0.5) is 0 Å². The average molecular weight is 225 g/mol. The number of carbonyl (C=O) groups is 1. The van der Waals surface area contributed by atoms with Gasteiger partial charge in [-0.25, -0.2) is 0 Å². The number of hydrogen-bond acceptors (Lipinski definition) is 2. The van der Waals surface area contributed by atoms with E-state index in [9.17, 15) is 4.79 Å². The Balaban J connectivity index is 2.29. The van der Waals surface area contributed by atoms with Gasteiger partial charge in [0, 0.05) is 4.70 Å². The molecule has 3 heteroatoms. The van der Waals surface area contributed by atoms with Crippen molar-refractivity contribution in [3.05, 3.63) is 35.2 Å². The Hall–Kier alpha value is -0.860. The lowest BCUT2D eigenvalue weighted by Crippen LogP contribution is -2.03. The Morgan fingerprint density at radius 1 is 1.43 bits per heavy atom. The van der Waals surface area contributed by atoms with E-state index >= 15 is 0 Å². The van der Waals surface area contributed by atoms with Crippen LogP contribution in [0.2, 0.25) is 0 Å². The fourth-order valence-electron chi connectivity index (χ4n) is 1.42. The highest BCUT2D eigenvalue weighted by atomic mass is 35.5. The van der Waals surface area contributed by atoms with E-state index in [2.05, 4.69) is 23.6 Å². The summed E-state index contributed by atoms with van der Waals surface area (Å²) < 4.78 is 1.27. The van der Waals surface area contributed by atoms with Gasteiger partial charge in [0.1, 0.15) is 6.29 Å². The van der Waals surface area contributed by atoms with E-state index in [1.807, 2.05) is 6.07 Å². The van der Waals surface area contributed by atoms with Gasteiger partial charge in [-0.05, 0) is 34.9 Å². The first-order chi connectivity index (χ1) is 6.79. The number of alkyl halides is 1. The summed E-state index contributed by atoms with van der Waals surface area (Å²) in [4.78, 5) is 10.4. The summed E-state index contributed by atoms with van der Waals surface area (Å²) in [6.45, 7) is 0. The number of thiophene rings is 1. The zero-order chi connectivity index (χ0) is 9.97. The molecule has 0 aliphatic heterocycles. The summed E-state index contributed by atoms with van der Waals surface area (Å²) in [6.07, 6.45) is 1.39. The summed E-state index contributed by atoms with van der Waals surface area (Å²) >= 11 is 7.48. The van der Waals surface area contributed by atoms with E-state index in [4.69, 9.17) is 11.6 Å². The molecule has 0 saturated carbocycles. The van der Waals surface area contributed by atoms with Crippen LogP contribution in [0.1, 0.15) is 5.56 Å². The quantitative estimate of drug-likeness (QED) is 0.578. The molecule has 2 aromatic rings. The summed E-state index contributed by atoms with van der Waals surface area (Å²) in [6, 6.07) is 8.26. The van der Waals surface area contributed by atoms with E-state index in [-0.39, 0.29) is 0 Å². The molecule has 14 heavy (non-hydrogen) atoms. The second kappa shape index (κ2) is 4.11. The monoisotopic (exact) mass is 224 g/mol. The lowest BCUT2D eigenvalue weighted by Gasteiger charge is -2.01. The van der Waals surface area contributed by atoms with Crippen LogP contribution in [0.3, 0.4) is 0 Å². The fourth-order valence-corrected chi connectivity index (χ4v) is 2.37. The second-order valence-electron chi connectivity index (χ2n) is 3.15. The predicted molar refractivity (Wildman–Crippen MR) is 61.2 cm³/mol. The molecule has 1 nitrogen and oxygen atoms in total. The minimum Gasteiger partial charge on any atom is -0.302 e. The first kappa shape index (κ1) is 9.69. The summed E-state index contributed by atoms with van der Waals surface area (Å²) in [5.41, 5.74) is 1.11. The Morgan fingerprint density at radius 2 is 2.29 bits per heavy atom. The summed E-state index contributed by atoms with van der Waals surface area (Å²) in [7, 11) is 0. The van der Waals surface area contributed by atoms with Crippen molar-refractivity contribution in [2.24, 2.45) is 0 Å². The minimum atomic E-state index is -0.411. The van der Waals surface area contributed by atoms with E-state index in [0.717, 1.165) is 11.8 Å². The van der Waals surface area contributed by atoms with Crippen molar-refractivity contribution in [2.45, 2.75) is 11.8 Å². The first-order valence-electron chi connectivity index (χ1n) is 4.35. The number of halogens is 1. The molecule has 1 aromatic carbocycles. The van der Waals surface area contributed by atoms with Gasteiger partial charge in [-0.3, -0.25) is 0 Å². The van der Waals surface area contributed by atoms with Crippen molar-refractivity contribution in [2.75, 3.05) is 0 Å². The van der Waals surface area contributed by atoms with Crippen LogP contribution in [-0.4, -0.2) is 11.7 Å². The van der Waals surface area contributed by atoms with Gasteiger partial charge in [0.15, 0.2) is 0 Å². The molecule has 0 aliphatic rings. The van der Waals surface area contributed by atoms with Gasteiger partial charge in [-0.2, -0.15) is 0 Å². The molecule has 0 spiro atoms. The van der Waals surface area contributed by atoms with Gasteiger partial charge in [-0.1, -0.05) is 12.1 Å². The lowest BCUT2D eigenvalue weighted by molar-refractivity contribution is -0.107. The Bertz CT molecular complexity index is 449. The molecule has 0 saturated heterocycles. The zero-order valence-corrected chi connectivity index (χ0v) is 9.02. The zero-order valence-electron chi connectivity index (χ0n) is 7.44. The number of hydrogen-bond donors (Lipinski definition) is 0. The van der Waals surface area contributed by atoms with Crippen LogP contribution >= 0.6 is 22.9 Å². The van der Waals surface area contributed by atoms with Gasteiger partial charge >= 0.3 is 0 Å². The maximum absolute atomic E-state index is 10.4. The third-order valence-electron chi connectivity index (χ3n) is 2.10. The van der Waals surface area contributed by atoms with Gasteiger partial charge in [0.2, 0.25) is 0 Å². The maximum Gasteiger partial charge on any atom is 0.138 e. The molecule has 0 N–H and O–H groups in total. The molecule has 0 bridgehead atoms. The largest absolute Gasteiger partial charge is 0.302 e. The molecule has 0 radical (unpaired) electrons. The summed E-state index contributed by atoms with van der Waals surface area (Å²) in [5, 5.41) is 2.88. The smallest absolute Gasteiger partial charge is 0.138 e. The van der Waals surface area contributed by atoms with Gasteiger partial charge in [0.25, 0.3) is 0 Å². The molecule has 2 rings (SSSR count). The van der Waals surface area contributed by atoms with Crippen LogP contribution in [-0.2, 0) is 11.2 Å². The Morgan fingerprint density at radius 3 is 3.07 bits per heavy atom. The van der Waals surface area contributed by atoms with Crippen LogP contribution in [0.15, 0.2) is 29.6 Å². The normalized spacial score (nSPS) is 12.9. The molecule has 1 unspecified atom stereocenters. The molecule has 1 heterocycles. The number of aldehydes is 1. The minimum absolute atomic E-state index is 0.411. The van der Waals surface area contributed by atoms with Crippen molar-refractivity contribution in [3.8, 4) is 0 Å². The molecule has 72 valence electrons. The third-order valence-corrected chi connectivity index (χ3v) is 3.25. The Labute approximate surface area is 91.3 Å². The number of carbonyl (C=O) groups excluding carboxylic acids is 1. The van der Waals surface area contributed by atoms with Gasteiger partial charge in [-0.15, -0.1) is 22.9 Å². The molecule has 1 atom stereocenters. The molecule has 0 amide bonds. The van der Waals surface area contributed by atoms with E-state index in [1.54, 1.807) is 11.3 Å². The van der Waals surface area contributed by atoms with Crippen molar-refractivity contribution >= 4 is 39.3 Å². The van der Waals surface area contributed by atoms with Crippen LogP contribution in [0.25, 0.3) is 10.1 Å². The van der Waals surface area contributed by atoms with Crippen molar-refractivity contribution in [1.82, 2.24) is 0 Å².